The number of rotatable bonds is 36. The zero-order chi connectivity index (χ0) is 41.7. The summed E-state index contributed by atoms with van der Waals surface area (Å²) in [6.45, 7) is 20.8. The van der Waals surface area contributed by atoms with Gasteiger partial charge < -0.3 is 19.8 Å². The molecule has 54 heavy (non-hydrogen) atoms. The number of hydrogen-bond donors (Lipinski definition) is 0. The van der Waals surface area contributed by atoms with E-state index in [2.05, 4.69) is 13.8 Å². The topological polar surface area (TPSA) is 97.3 Å². The summed E-state index contributed by atoms with van der Waals surface area (Å²) in [7, 11) is 0. The zero-order valence-electron chi connectivity index (χ0n) is 38.0. The van der Waals surface area contributed by atoms with Gasteiger partial charge in [-0.05, 0) is 36.5 Å². The van der Waals surface area contributed by atoms with Gasteiger partial charge in [0.15, 0.2) is 0 Å². The van der Waals surface area contributed by atoms with Crippen LogP contribution in [-0.2, 0) is 30.6 Å². The molecule has 0 aromatic rings. The molecular formula is C48H94O5V. The maximum absolute atomic E-state index is 11.8. The van der Waals surface area contributed by atoms with Crippen molar-refractivity contribution < 1.29 is 40.8 Å². The zero-order valence-corrected chi connectivity index (χ0v) is 39.4. The van der Waals surface area contributed by atoms with Crippen molar-refractivity contribution in [2.75, 3.05) is 0 Å². The van der Waals surface area contributed by atoms with Crippen LogP contribution in [0.4, 0.5) is 0 Å². The number of unbranched alkanes of at least 4 members (excludes halogenated alkanes) is 26. The first-order valence-electron chi connectivity index (χ1n) is 23.4. The van der Waals surface area contributed by atoms with Crippen LogP contribution >= 0.6 is 0 Å². The molecule has 0 aliphatic heterocycles. The molecule has 0 N–H and O–H groups in total. The molecule has 0 heterocycles. The summed E-state index contributed by atoms with van der Waals surface area (Å²) >= 11 is 1.06. The molecule has 0 fully saturated rings. The van der Waals surface area contributed by atoms with E-state index in [1.165, 1.54) is 154 Å². The summed E-state index contributed by atoms with van der Waals surface area (Å²) in [5.41, 5.74) is -1.31. The fourth-order valence-electron chi connectivity index (χ4n) is 8.86. The molecule has 0 aromatic heterocycles. The van der Waals surface area contributed by atoms with E-state index >= 15 is 0 Å². The Morgan fingerprint density at radius 1 is 0.352 bits per heavy atom. The first-order valence-corrected chi connectivity index (χ1v) is 24.0. The van der Waals surface area contributed by atoms with Gasteiger partial charge in [0.1, 0.15) is 0 Å². The monoisotopic (exact) mass is 802 g/mol. The first-order chi connectivity index (χ1) is 25.8. The number of carboxylic acids is 2. The molecule has 0 aromatic carbocycles. The molecule has 0 aliphatic rings. The second-order valence-corrected chi connectivity index (χ2v) is 18.0. The molecule has 0 bridgehead atoms. The van der Waals surface area contributed by atoms with Crippen LogP contribution < -0.4 is 10.2 Å². The Morgan fingerprint density at radius 2 is 0.500 bits per heavy atom. The van der Waals surface area contributed by atoms with Crippen LogP contribution in [0.1, 0.15) is 262 Å². The fraction of sp³-hybridized carbons (Fsp3) is 0.958. The van der Waals surface area contributed by atoms with Crippen molar-refractivity contribution in [1.82, 2.24) is 0 Å². The molecule has 0 unspecified atom stereocenters. The molecule has 0 amide bonds. The molecule has 0 aliphatic carbocycles. The molecule has 321 valence electrons. The SMILES string of the molecule is CCCCCCCCCCCCCCCCC(C(=O)[O-])(C(C)C)C(C)C.CCCCCCCCCCCCCCCCC(C(=O)[O-])(C(C)C)C(C)C.[O]=[V+2]. The Morgan fingerprint density at radius 3 is 0.630 bits per heavy atom. The van der Waals surface area contributed by atoms with Crippen LogP contribution in [0, 0.1) is 34.5 Å². The van der Waals surface area contributed by atoms with Gasteiger partial charge in [0.2, 0.25) is 0 Å². The number of aliphatic carboxylic acids is 2. The van der Waals surface area contributed by atoms with Gasteiger partial charge in [0, 0.05) is 22.8 Å². The van der Waals surface area contributed by atoms with E-state index in [4.69, 9.17) is 3.67 Å². The molecule has 0 saturated heterocycles. The van der Waals surface area contributed by atoms with Crippen molar-refractivity contribution in [3.8, 4) is 0 Å². The molecular weight excluding hydrogens is 707 g/mol. The van der Waals surface area contributed by atoms with Gasteiger partial charge >= 0.3 is 21.0 Å². The summed E-state index contributed by atoms with van der Waals surface area (Å²) in [5.74, 6) is -1.16. The van der Waals surface area contributed by atoms with Crippen LogP contribution in [0.2, 0.25) is 0 Å². The van der Waals surface area contributed by atoms with Crippen LogP contribution in [0.15, 0.2) is 0 Å². The second kappa shape index (κ2) is 39.2. The van der Waals surface area contributed by atoms with Crippen molar-refractivity contribution in [2.45, 2.75) is 262 Å². The van der Waals surface area contributed by atoms with Crippen LogP contribution in [0.25, 0.3) is 0 Å². The normalized spacial score (nSPS) is 11.9. The van der Waals surface area contributed by atoms with E-state index in [0.29, 0.717) is 0 Å². The minimum atomic E-state index is -0.850. The summed E-state index contributed by atoms with van der Waals surface area (Å²) < 4.78 is 8.19. The Balaban J connectivity index is -0.000000921. The molecule has 0 radical (unpaired) electrons. The summed E-state index contributed by atoms with van der Waals surface area (Å²) in [4.78, 5) is 23.5. The van der Waals surface area contributed by atoms with E-state index in [1.54, 1.807) is 0 Å². The molecule has 0 saturated carbocycles. The quantitative estimate of drug-likeness (QED) is 0.0588. The van der Waals surface area contributed by atoms with Gasteiger partial charge in [-0.2, -0.15) is 0 Å². The molecule has 6 heteroatoms. The molecule has 0 atom stereocenters. The van der Waals surface area contributed by atoms with Crippen LogP contribution in [0.5, 0.6) is 0 Å². The molecule has 0 rings (SSSR count). The average Bonchev–Trinajstić information content (AvgIpc) is 3.12. The van der Waals surface area contributed by atoms with Gasteiger partial charge in [-0.25, -0.2) is 0 Å². The van der Waals surface area contributed by atoms with Crippen LogP contribution in [0.3, 0.4) is 0 Å². The van der Waals surface area contributed by atoms with Crippen molar-refractivity contribution in [1.29, 1.82) is 0 Å². The van der Waals surface area contributed by atoms with Gasteiger partial charge in [-0.3, -0.25) is 0 Å². The Kier molecular flexibility index (Phi) is 41.8. The van der Waals surface area contributed by atoms with Crippen molar-refractivity contribution in [3.63, 3.8) is 0 Å². The first kappa shape index (κ1) is 57.6. The Labute approximate surface area is 347 Å². The van der Waals surface area contributed by atoms with Gasteiger partial charge in [0.05, 0.1) is 0 Å². The third-order valence-electron chi connectivity index (χ3n) is 12.8. The Bertz CT molecular complexity index is 742. The van der Waals surface area contributed by atoms with Crippen molar-refractivity contribution in [3.05, 3.63) is 0 Å². The molecule has 5 nitrogen and oxygen atoms in total. The summed E-state index contributed by atoms with van der Waals surface area (Å²) in [6.07, 6.45) is 38.8. The Hall–Kier alpha value is -0.676. The van der Waals surface area contributed by atoms with E-state index in [1.807, 2.05) is 55.4 Å². The minimum absolute atomic E-state index is 0.134. The number of carbonyl (C=O) groups is 2. The van der Waals surface area contributed by atoms with Gasteiger partial charge in [-0.1, -0.05) is 249 Å². The molecule has 0 spiro atoms. The fourth-order valence-corrected chi connectivity index (χ4v) is 8.86. The third-order valence-corrected chi connectivity index (χ3v) is 12.8. The number of carbonyl (C=O) groups excluding carboxylic acids is 2. The number of hydrogen-bond acceptors (Lipinski definition) is 5. The average molecular weight is 802 g/mol. The van der Waals surface area contributed by atoms with Crippen molar-refractivity contribution in [2.24, 2.45) is 34.5 Å². The van der Waals surface area contributed by atoms with E-state index in [-0.39, 0.29) is 23.7 Å². The standard InChI is InChI=1S/2C24H48O2.O.V/c2*1-6-7-8-9-10-11-12-13-14-15-16-17-18-19-20-24(21(2)3,22(4)5)23(25)26;;/h2*21-22H,6-20H2,1-5H3,(H,25,26);;/q;;;+2/p-2. The summed E-state index contributed by atoms with van der Waals surface area (Å²) in [6, 6.07) is 0. The maximum atomic E-state index is 11.8. The number of carboxylic acid groups (broad SMARTS) is 2. The van der Waals surface area contributed by atoms with E-state index < -0.39 is 22.8 Å². The predicted molar refractivity (Wildman–Crippen MR) is 225 cm³/mol. The van der Waals surface area contributed by atoms with Gasteiger partial charge in [0.25, 0.3) is 0 Å². The van der Waals surface area contributed by atoms with E-state index in [9.17, 15) is 19.8 Å². The summed E-state index contributed by atoms with van der Waals surface area (Å²) in [5, 5.41) is 23.5. The van der Waals surface area contributed by atoms with Crippen molar-refractivity contribution >= 4 is 11.9 Å². The van der Waals surface area contributed by atoms with Gasteiger partial charge in [-0.15, -0.1) is 0 Å². The third kappa shape index (κ3) is 27.0. The van der Waals surface area contributed by atoms with Crippen LogP contribution in [-0.4, -0.2) is 11.9 Å². The van der Waals surface area contributed by atoms with E-state index in [0.717, 1.165) is 55.9 Å². The predicted octanol–water partition coefficient (Wildman–Crippen LogP) is 13.7. The second-order valence-electron chi connectivity index (χ2n) is 18.0.